The minimum absolute atomic E-state index is 0.295. The molecule has 1 aromatic rings. The molecule has 0 spiro atoms. The Balaban J connectivity index is 2.51. The van der Waals surface area contributed by atoms with Gasteiger partial charge in [0.15, 0.2) is 0 Å². The van der Waals surface area contributed by atoms with Crippen molar-refractivity contribution in [2.75, 3.05) is 0 Å². The van der Waals surface area contributed by atoms with Crippen LogP contribution in [0.4, 0.5) is 4.39 Å². The van der Waals surface area contributed by atoms with E-state index in [0.29, 0.717) is 10.6 Å². The van der Waals surface area contributed by atoms with Crippen LogP contribution in [0.25, 0.3) is 0 Å². The number of rotatable bonds is 1. The smallest absolute Gasteiger partial charge is 0.129 e. The van der Waals surface area contributed by atoms with E-state index in [2.05, 4.69) is 5.48 Å². The van der Waals surface area contributed by atoms with Crippen LogP contribution in [0.3, 0.4) is 0 Å². The number of nitrogens with one attached hydrogen (secondary N) is 1. The molecule has 2 N–H and O–H groups in total. The van der Waals surface area contributed by atoms with E-state index in [9.17, 15) is 4.39 Å². The van der Waals surface area contributed by atoms with Crippen LogP contribution in [-0.2, 0) is 6.42 Å². The summed E-state index contributed by atoms with van der Waals surface area (Å²) < 4.78 is 13.5. The van der Waals surface area contributed by atoms with E-state index < -0.39 is 0 Å². The lowest BCUT2D eigenvalue weighted by molar-refractivity contribution is 0.116. The third kappa shape index (κ3) is 1.63. The summed E-state index contributed by atoms with van der Waals surface area (Å²) >= 11 is 5.75. The SMILES string of the molecule is ONC1CCCc2cc(Cl)cc(F)c21. The normalized spacial score (nSPS) is 20.6. The quantitative estimate of drug-likeness (QED) is 0.706. The zero-order valence-electron chi connectivity index (χ0n) is 7.56. The van der Waals surface area contributed by atoms with Gasteiger partial charge in [0, 0.05) is 10.6 Å². The fourth-order valence-corrected chi connectivity index (χ4v) is 2.23. The van der Waals surface area contributed by atoms with Crippen molar-refractivity contribution in [1.29, 1.82) is 0 Å². The van der Waals surface area contributed by atoms with Gasteiger partial charge in [0.1, 0.15) is 5.82 Å². The number of aryl methyl sites for hydroxylation is 1. The Hall–Kier alpha value is -0.640. The minimum Gasteiger partial charge on any atom is -0.316 e. The van der Waals surface area contributed by atoms with Gasteiger partial charge in [-0.2, -0.15) is 5.48 Å². The van der Waals surface area contributed by atoms with Crippen LogP contribution in [0.5, 0.6) is 0 Å². The molecule has 0 saturated carbocycles. The Morgan fingerprint density at radius 2 is 2.29 bits per heavy atom. The summed E-state index contributed by atoms with van der Waals surface area (Å²) in [6, 6.07) is 2.76. The van der Waals surface area contributed by atoms with E-state index in [4.69, 9.17) is 16.8 Å². The molecule has 1 aliphatic rings. The summed E-state index contributed by atoms with van der Waals surface area (Å²) in [4.78, 5) is 0. The first-order valence-electron chi connectivity index (χ1n) is 4.60. The molecular formula is C10H11ClFNO. The Labute approximate surface area is 86.7 Å². The summed E-state index contributed by atoms with van der Waals surface area (Å²) in [6.45, 7) is 0. The average molecular weight is 216 g/mol. The monoisotopic (exact) mass is 215 g/mol. The van der Waals surface area contributed by atoms with E-state index in [1.807, 2.05) is 0 Å². The molecule has 4 heteroatoms. The number of hydroxylamine groups is 1. The van der Waals surface area contributed by atoms with Crippen LogP contribution in [-0.4, -0.2) is 5.21 Å². The van der Waals surface area contributed by atoms with E-state index in [1.165, 1.54) is 6.07 Å². The molecule has 0 heterocycles. The van der Waals surface area contributed by atoms with Crippen LogP contribution in [0.2, 0.25) is 5.02 Å². The summed E-state index contributed by atoms with van der Waals surface area (Å²) in [5.41, 5.74) is 3.59. The summed E-state index contributed by atoms with van der Waals surface area (Å²) in [5.74, 6) is -0.334. The maximum Gasteiger partial charge on any atom is 0.129 e. The van der Waals surface area contributed by atoms with Gasteiger partial charge in [-0.15, -0.1) is 0 Å². The molecule has 0 radical (unpaired) electrons. The number of fused-ring (bicyclic) bond motifs is 1. The van der Waals surface area contributed by atoms with Crippen molar-refractivity contribution in [3.63, 3.8) is 0 Å². The van der Waals surface area contributed by atoms with Crippen molar-refractivity contribution < 1.29 is 9.60 Å². The Morgan fingerprint density at radius 1 is 1.50 bits per heavy atom. The van der Waals surface area contributed by atoms with Crippen LogP contribution >= 0.6 is 11.6 Å². The van der Waals surface area contributed by atoms with Crippen molar-refractivity contribution in [1.82, 2.24) is 5.48 Å². The molecule has 0 saturated heterocycles. The second-order valence-corrected chi connectivity index (χ2v) is 3.97. The van der Waals surface area contributed by atoms with E-state index in [0.717, 1.165) is 24.8 Å². The first kappa shape index (κ1) is 9.90. The van der Waals surface area contributed by atoms with Crippen molar-refractivity contribution in [3.8, 4) is 0 Å². The minimum atomic E-state index is -0.334. The third-order valence-corrected chi connectivity index (χ3v) is 2.84. The molecule has 76 valence electrons. The maximum atomic E-state index is 13.5. The Morgan fingerprint density at radius 3 is 3.00 bits per heavy atom. The van der Waals surface area contributed by atoms with Crippen LogP contribution in [0, 0.1) is 5.82 Å². The lowest BCUT2D eigenvalue weighted by atomic mass is 9.88. The maximum absolute atomic E-state index is 13.5. The van der Waals surface area contributed by atoms with Crippen LogP contribution < -0.4 is 5.48 Å². The lowest BCUT2D eigenvalue weighted by Crippen LogP contribution is -2.23. The molecular weight excluding hydrogens is 205 g/mol. The fourth-order valence-electron chi connectivity index (χ4n) is 2.01. The van der Waals surface area contributed by atoms with Gasteiger partial charge in [-0.3, -0.25) is 0 Å². The van der Waals surface area contributed by atoms with E-state index >= 15 is 0 Å². The Bertz CT molecular complexity index is 356. The van der Waals surface area contributed by atoms with Gasteiger partial charge in [-0.25, -0.2) is 4.39 Å². The van der Waals surface area contributed by atoms with Gasteiger partial charge in [0.2, 0.25) is 0 Å². The molecule has 0 aliphatic heterocycles. The average Bonchev–Trinajstić information content (AvgIpc) is 2.16. The van der Waals surface area contributed by atoms with Gasteiger partial charge in [-0.1, -0.05) is 11.6 Å². The second kappa shape index (κ2) is 3.85. The van der Waals surface area contributed by atoms with Crippen molar-refractivity contribution in [2.24, 2.45) is 0 Å². The van der Waals surface area contributed by atoms with Gasteiger partial charge in [-0.05, 0) is 37.0 Å². The molecule has 1 aromatic carbocycles. The summed E-state index contributed by atoms with van der Waals surface area (Å²) in [7, 11) is 0. The summed E-state index contributed by atoms with van der Waals surface area (Å²) in [6.07, 6.45) is 2.51. The number of hydrogen-bond acceptors (Lipinski definition) is 2. The zero-order valence-corrected chi connectivity index (χ0v) is 8.31. The van der Waals surface area contributed by atoms with E-state index in [-0.39, 0.29) is 11.9 Å². The number of hydrogen-bond donors (Lipinski definition) is 2. The molecule has 0 amide bonds. The number of benzene rings is 1. The topological polar surface area (TPSA) is 32.3 Å². The van der Waals surface area contributed by atoms with E-state index in [1.54, 1.807) is 6.07 Å². The highest BCUT2D eigenvalue weighted by Crippen LogP contribution is 2.33. The van der Waals surface area contributed by atoms with Gasteiger partial charge in [0.25, 0.3) is 0 Å². The molecule has 2 nitrogen and oxygen atoms in total. The Kier molecular flexibility index (Phi) is 2.72. The lowest BCUT2D eigenvalue weighted by Gasteiger charge is -2.24. The summed E-state index contributed by atoms with van der Waals surface area (Å²) in [5, 5.41) is 9.30. The molecule has 1 unspecified atom stereocenters. The van der Waals surface area contributed by atoms with Gasteiger partial charge >= 0.3 is 0 Å². The molecule has 0 fully saturated rings. The molecule has 0 bridgehead atoms. The van der Waals surface area contributed by atoms with Crippen LogP contribution in [0.15, 0.2) is 12.1 Å². The molecule has 14 heavy (non-hydrogen) atoms. The highest BCUT2D eigenvalue weighted by Gasteiger charge is 2.23. The fraction of sp³-hybridized carbons (Fsp3) is 0.400. The largest absolute Gasteiger partial charge is 0.316 e. The molecule has 0 aromatic heterocycles. The predicted molar refractivity (Wildman–Crippen MR) is 52.0 cm³/mol. The van der Waals surface area contributed by atoms with Gasteiger partial charge < -0.3 is 5.21 Å². The van der Waals surface area contributed by atoms with Crippen molar-refractivity contribution in [2.45, 2.75) is 25.3 Å². The highest BCUT2D eigenvalue weighted by atomic mass is 35.5. The van der Waals surface area contributed by atoms with Crippen molar-refractivity contribution in [3.05, 3.63) is 34.1 Å². The standard InChI is InChI=1S/C10H11ClFNO/c11-7-4-6-2-1-3-9(13-14)10(6)8(12)5-7/h4-5,9,13-14H,1-3H2. The molecule has 1 atom stereocenters. The first-order valence-corrected chi connectivity index (χ1v) is 4.97. The number of halogens is 2. The highest BCUT2D eigenvalue weighted by molar-refractivity contribution is 6.30. The van der Waals surface area contributed by atoms with Crippen molar-refractivity contribution >= 4 is 11.6 Å². The molecule has 1 aliphatic carbocycles. The first-order chi connectivity index (χ1) is 6.72. The predicted octanol–water partition coefficient (Wildman–Crippen LogP) is 2.84. The zero-order chi connectivity index (χ0) is 10.1. The van der Waals surface area contributed by atoms with Crippen LogP contribution in [0.1, 0.15) is 30.0 Å². The van der Waals surface area contributed by atoms with Gasteiger partial charge in [0.05, 0.1) is 6.04 Å². The third-order valence-electron chi connectivity index (χ3n) is 2.62. The second-order valence-electron chi connectivity index (χ2n) is 3.53. The molecule has 2 rings (SSSR count).